The van der Waals surface area contributed by atoms with Crippen LogP contribution in [0.25, 0.3) is 16.9 Å². The van der Waals surface area contributed by atoms with Gasteiger partial charge >= 0.3 is 5.69 Å². The topological polar surface area (TPSA) is 103 Å². The van der Waals surface area contributed by atoms with Crippen molar-refractivity contribution in [3.63, 3.8) is 0 Å². The number of imidazole rings is 1. The van der Waals surface area contributed by atoms with Crippen molar-refractivity contribution in [2.75, 3.05) is 24.6 Å². The normalized spacial score (nSPS) is 13.3. The highest BCUT2D eigenvalue weighted by molar-refractivity contribution is 5.75. The summed E-state index contributed by atoms with van der Waals surface area (Å²) in [5.74, 6) is 1.92. The number of likely N-dealkylation sites (N-methyl/N-ethyl adjacent to an activating group) is 1. The molecule has 0 radical (unpaired) electrons. The molecule has 0 aliphatic carbocycles. The second-order valence-corrected chi connectivity index (χ2v) is 7.79. The van der Waals surface area contributed by atoms with Crippen LogP contribution >= 0.6 is 0 Å². The highest BCUT2D eigenvalue weighted by Gasteiger charge is 2.15. The van der Waals surface area contributed by atoms with Gasteiger partial charge in [-0.25, -0.2) is 14.3 Å². The number of rotatable bonds is 5. The number of ether oxygens (including phenoxy) is 1. The van der Waals surface area contributed by atoms with Gasteiger partial charge in [0.2, 0.25) is 5.95 Å². The minimum Gasteiger partial charge on any atom is -0.458 e. The first-order valence-electron chi connectivity index (χ1n) is 10.4. The lowest BCUT2D eigenvalue weighted by atomic mass is 10.3. The molecule has 2 aromatic carbocycles. The van der Waals surface area contributed by atoms with Crippen LogP contribution in [0.2, 0.25) is 0 Å². The number of nitrogens with two attached hydrogens (primary N) is 1. The first-order chi connectivity index (χ1) is 16.0. The van der Waals surface area contributed by atoms with Gasteiger partial charge in [0.25, 0.3) is 0 Å². The molecule has 3 N–H and O–H groups in total. The molecule has 0 unspecified atom stereocenters. The molecule has 0 fully saturated rings. The second-order valence-electron chi connectivity index (χ2n) is 7.79. The Balaban J connectivity index is 1.41. The highest BCUT2D eigenvalue weighted by atomic mass is 16.5. The number of fused-ring (bicyclic) bond motifs is 1. The lowest BCUT2D eigenvalue weighted by Crippen LogP contribution is -2.21. The maximum Gasteiger partial charge on any atom is 0.334 e. The number of nitrogens with one attached hydrogen (secondary N) is 1. The Kier molecular flexibility index (Phi) is 5.06. The minimum absolute atomic E-state index is 0.221. The third kappa shape index (κ3) is 4.03. The van der Waals surface area contributed by atoms with Gasteiger partial charge in [0.05, 0.1) is 11.9 Å². The van der Waals surface area contributed by atoms with Crippen LogP contribution in [-0.4, -0.2) is 37.6 Å². The molecular weight excluding hydrogens is 418 g/mol. The van der Waals surface area contributed by atoms with Gasteiger partial charge in [0, 0.05) is 38.2 Å². The van der Waals surface area contributed by atoms with Crippen molar-refractivity contribution in [3.8, 4) is 11.4 Å². The van der Waals surface area contributed by atoms with Crippen LogP contribution in [0.15, 0.2) is 83.6 Å². The van der Waals surface area contributed by atoms with E-state index in [-0.39, 0.29) is 5.69 Å². The molecule has 1 aliphatic heterocycles. The molecule has 5 rings (SSSR count). The molecular formula is C24H23N7O2. The third-order valence-electron chi connectivity index (χ3n) is 5.35. The fourth-order valence-corrected chi connectivity index (χ4v) is 3.58. The molecule has 0 saturated heterocycles. The van der Waals surface area contributed by atoms with Gasteiger partial charge in [-0.15, -0.1) is 0 Å². The zero-order valence-corrected chi connectivity index (χ0v) is 18.3. The smallest absolute Gasteiger partial charge is 0.334 e. The van der Waals surface area contributed by atoms with Crippen LogP contribution in [0.3, 0.4) is 0 Å². The Bertz CT molecular complexity index is 1450. The molecule has 3 heterocycles. The van der Waals surface area contributed by atoms with Crippen LogP contribution in [0.1, 0.15) is 0 Å². The first-order valence-corrected chi connectivity index (χ1v) is 10.4. The van der Waals surface area contributed by atoms with E-state index in [1.54, 1.807) is 31.4 Å². The van der Waals surface area contributed by atoms with Crippen molar-refractivity contribution < 1.29 is 4.74 Å². The number of hydrogen-bond acceptors (Lipinski definition) is 7. The monoisotopic (exact) mass is 441 g/mol. The highest BCUT2D eigenvalue weighted by Crippen LogP contribution is 2.23. The third-order valence-corrected chi connectivity index (χ3v) is 5.35. The standard InChI is InChI=1S/C24H23N7O2/c1-29-12-10-20(11-13-29)33-19-8-6-17(7-9-19)27-23-26-15-21-22(28-23)31(24(32)30(21)2)18-5-3-4-16(25)14-18/h3-12,14-15H,13,25H2,1-2H3,(H,26,27,28). The van der Waals surface area contributed by atoms with E-state index >= 15 is 0 Å². The number of nitrogen functional groups attached to an aromatic ring is 1. The van der Waals surface area contributed by atoms with Crippen molar-refractivity contribution in [1.82, 2.24) is 24.0 Å². The lowest BCUT2D eigenvalue weighted by molar-refractivity contribution is 0.416. The number of hydrogen-bond donors (Lipinski definition) is 2. The Hall–Kier alpha value is -4.53. The van der Waals surface area contributed by atoms with Crippen molar-refractivity contribution in [3.05, 3.63) is 89.3 Å². The maximum absolute atomic E-state index is 12.9. The zero-order chi connectivity index (χ0) is 22.9. The minimum atomic E-state index is -0.221. The maximum atomic E-state index is 12.9. The van der Waals surface area contributed by atoms with Gasteiger partial charge in [0.1, 0.15) is 17.0 Å². The van der Waals surface area contributed by atoms with E-state index in [1.165, 1.54) is 9.13 Å². The van der Waals surface area contributed by atoms with E-state index in [9.17, 15) is 4.79 Å². The summed E-state index contributed by atoms with van der Waals surface area (Å²) in [6.45, 7) is 0.811. The molecule has 33 heavy (non-hydrogen) atoms. The summed E-state index contributed by atoms with van der Waals surface area (Å²) >= 11 is 0. The average molecular weight is 441 g/mol. The van der Waals surface area contributed by atoms with Crippen LogP contribution < -0.4 is 21.5 Å². The van der Waals surface area contributed by atoms with E-state index in [2.05, 4.69) is 20.2 Å². The lowest BCUT2D eigenvalue weighted by Gasteiger charge is -2.17. The van der Waals surface area contributed by atoms with Gasteiger partial charge in [-0.2, -0.15) is 4.98 Å². The van der Waals surface area contributed by atoms with E-state index < -0.39 is 0 Å². The van der Waals surface area contributed by atoms with E-state index in [4.69, 9.17) is 10.5 Å². The summed E-state index contributed by atoms with van der Waals surface area (Å²) in [4.78, 5) is 23.9. The molecule has 9 heteroatoms. The van der Waals surface area contributed by atoms with Gasteiger partial charge in [-0.3, -0.25) is 4.57 Å². The summed E-state index contributed by atoms with van der Waals surface area (Å²) in [6, 6.07) is 14.7. The van der Waals surface area contributed by atoms with Crippen molar-refractivity contribution in [2.24, 2.45) is 7.05 Å². The number of aromatic nitrogens is 4. The Morgan fingerprint density at radius 1 is 1.12 bits per heavy atom. The number of nitrogens with zero attached hydrogens (tertiary/aromatic N) is 5. The number of allylic oxidation sites excluding steroid dienone is 1. The zero-order valence-electron chi connectivity index (χ0n) is 18.3. The molecule has 9 nitrogen and oxygen atoms in total. The van der Waals surface area contributed by atoms with Crippen molar-refractivity contribution in [1.29, 1.82) is 0 Å². The Morgan fingerprint density at radius 3 is 2.67 bits per heavy atom. The van der Waals surface area contributed by atoms with Crippen LogP contribution in [0, 0.1) is 0 Å². The molecule has 0 saturated carbocycles. The van der Waals surface area contributed by atoms with Crippen LogP contribution in [0.4, 0.5) is 17.3 Å². The molecule has 0 bridgehead atoms. The Labute approximate surface area is 190 Å². The molecule has 1 aliphatic rings. The van der Waals surface area contributed by atoms with Crippen LogP contribution in [-0.2, 0) is 7.05 Å². The van der Waals surface area contributed by atoms with Gasteiger partial charge < -0.3 is 20.7 Å². The van der Waals surface area contributed by atoms with E-state index in [0.717, 1.165) is 23.7 Å². The molecule has 0 spiro atoms. The molecule has 166 valence electrons. The Morgan fingerprint density at radius 2 is 1.94 bits per heavy atom. The quantitative estimate of drug-likeness (QED) is 0.459. The fraction of sp³-hybridized carbons (Fsp3) is 0.125. The predicted molar refractivity (Wildman–Crippen MR) is 129 cm³/mol. The molecule has 0 atom stereocenters. The SMILES string of the molecule is CN1C=CC(Oc2ccc(Nc3ncc4c(n3)n(-c3cccc(N)c3)c(=O)n4C)cc2)=CC1. The average Bonchev–Trinajstić information content (AvgIpc) is 3.06. The number of anilines is 3. The summed E-state index contributed by atoms with van der Waals surface area (Å²) in [5.41, 5.74) is 8.82. The van der Waals surface area contributed by atoms with Gasteiger partial charge in [-0.05, 0) is 54.6 Å². The van der Waals surface area contributed by atoms with E-state index in [1.807, 2.05) is 55.7 Å². The van der Waals surface area contributed by atoms with Crippen molar-refractivity contribution in [2.45, 2.75) is 0 Å². The van der Waals surface area contributed by atoms with E-state index in [0.29, 0.717) is 28.5 Å². The predicted octanol–water partition coefficient (Wildman–Crippen LogP) is 3.17. The molecule has 4 aromatic rings. The number of aryl methyl sites for hydroxylation is 1. The fourth-order valence-electron chi connectivity index (χ4n) is 3.58. The molecule has 0 amide bonds. The summed E-state index contributed by atoms with van der Waals surface area (Å²) in [7, 11) is 3.70. The van der Waals surface area contributed by atoms with Crippen LogP contribution in [0.5, 0.6) is 5.75 Å². The summed E-state index contributed by atoms with van der Waals surface area (Å²) in [5, 5.41) is 3.19. The first kappa shape index (κ1) is 20.4. The van der Waals surface area contributed by atoms with Crippen molar-refractivity contribution >= 4 is 28.5 Å². The van der Waals surface area contributed by atoms with Gasteiger partial charge in [0.15, 0.2) is 5.65 Å². The van der Waals surface area contributed by atoms with Gasteiger partial charge in [-0.1, -0.05) is 6.07 Å². The summed E-state index contributed by atoms with van der Waals surface area (Å²) in [6.07, 6.45) is 7.56. The number of benzene rings is 2. The largest absolute Gasteiger partial charge is 0.458 e. The summed E-state index contributed by atoms with van der Waals surface area (Å²) < 4.78 is 8.93. The second kappa shape index (κ2) is 8.19. The molecule has 2 aromatic heterocycles.